The van der Waals surface area contributed by atoms with Crippen molar-refractivity contribution in [1.82, 2.24) is 14.5 Å². The lowest BCUT2D eigenvalue weighted by molar-refractivity contribution is -0.139. The largest absolute Gasteiger partial charge is 0.486 e. The highest BCUT2D eigenvalue weighted by Gasteiger charge is 2.34. The average Bonchev–Trinajstić information content (AvgIpc) is 2.81. The van der Waals surface area contributed by atoms with E-state index in [1.807, 2.05) is 0 Å². The van der Waals surface area contributed by atoms with E-state index in [0.29, 0.717) is 57.1 Å². The van der Waals surface area contributed by atoms with Crippen LogP contribution in [0.5, 0.6) is 11.5 Å². The normalized spacial score (nSPS) is 17.1. The molecular weight excluding hydrogens is 438 g/mol. The highest BCUT2D eigenvalue weighted by atomic mass is 32.2. The Balaban J connectivity index is 1.51. The van der Waals surface area contributed by atoms with Crippen molar-refractivity contribution < 1.29 is 32.2 Å². The van der Waals surface area contributed by atoms with Crippen LogP contribution in [0.3, 0.4) is 0 Å². The second-order valence-electron chi connectivity index (χ2n) is 7.87. The molecule has 0 saturated carbocycles. The van der Waals surface area contributed by atoms with Gasteiger partial charge in [-0.1, -0.05) is 0 Å². The van der Waals surface area contributed by atoms with Crippen LogP contribution in [-0.2, 0) is 24.3 Å². The van der Waals surface area contributed by atoms with Crippen LogP contribution in [0.1, 0.15) is 19.3 Å². The number of carbonyl (C=O) groups is 2. The molecule has 0 radical (unpaired) electrons. The average molecular weight is 470 g/mol. The van der Waals surface area contributed by atoms with Gasteiger partial charge in [-0.25, -0.2) is 8.42 Å². The van der Waals surface area contributed by atoms with E-state index >= 15 is 0 Å². The zero-order chi connectivity index (χ0) is 23.1. The molecule has 178 valence electrons. The van der Waals surface area contributed by atoms with Gasteiger partial charge in [0.05, 0.1) is 11.4 Å². The van der Waals surface area contributed by atoms with Gasteiger partial charge in [-0.3, -0.25) is 9.59 Å². The summed E-state index contributed by atoms with van der Waals surface area (Å²) in [6.45, 7) is 2.32. The second-order valence-corrected chi connectivity index (χ2v) is 9.81. The number of methoxy groups -OCH3 is 1. The van der Waals surface area contributed by atoms with Crippen molar-refractivity contribution >= 4 is 21.8 Å². The van der Waals surface area contributed by atoms with Crippen LogP contribution >= 0.6 is 0 Å². The van der Waals surface area contributed by atoms with Crippen molar-refractivity contribution in [3.63, 3.8) is 0 Å². The fourth-order valence-electron chi connectivity index (χ4n) is 3.78. The van der Waals surface area contributed by atoms with Gasteiger partial charge in [0.15, 0.2) is 11.5 Å². The Labute approximate surface area is 188 Å². The molecule has 1 aromatic carbocycles. The van der Waals surface area contributed by atoms with Crippen LogP contribution in [0.25, 0.3) is 0 Å². The summed E-state index contributed by atoms with van der Waals surface area (Å²) in [4.78, 5) is 26.3. The predicted molar refractivity (Wildman–Crippen MR) is 116 cm³/mol. The molecule has 2 aliphatic heterocycles. The molecule has 11 heteroatoms. The Bertz CT molecular complexity index is 914. The van der Waals surface area contributed by atoms with E-state index in [2.05, 4.69) is 5.32 Å². The lowest BCUT2D eigenvalue weighted by atomic mass is 9.96. The molecule has 1 fully saturated rings. The number of amides is 2. The molecule has 1 saturated heterocycles. The number of carbonyl (C=O) groups excluding carboxylic acids is 2. The lowest BCUT2D eigenvalue weighted by Crippen LogP contribution is -2.45. The number of likely N-dealkylation sites (N-methyl/N-ethyl adjacent to an activating group) is 1. The van der Waals surface area contributed by atoms with E-state index in [-0.39, 0.29) is 42.3 Å². The minimum Gasteiger partial charge on any atom is -0.486 e. The van der Waals surface area contributed by atoms with Crippen LogP contribution in [-0.4, -0.2) is 89.6 Å². The fourth-order valence-corrected chi connectivity index (χ4v) is 5.27. The molecule has 0 aromatic heterocycles. The van der Waals surface area contributed by atoms with Gasteiger partial charge in [-0.05, 0) is 31.4 Å². The number of benzene rings is 1. The minimum absolute atomic E-state index is 0.0263. The molecule has 2 amide bonds. The third-order valence-electron chi connectivity index (χ3n) is 5.56. The lowest BCUT2D eigenvalue weighted by Gasteiger charge is -2.32. The summed E-state index contributed by atoms with van der Waals surface area (Å²) in [7, 11) is -0.510. The van der Waals surface area contributed by atoms with Gasteiger partial charge in [-0.15, -0.1) is 0 Å². The van der Waals surface area contributed by atoms with Crippen molar-refractivity contribution in [1.29, 1.82) is 0 Å². The Morgan fingerprint density at radius 3 is 2.56 bits per heavy atom. The Kier molecular flexibility index (Phi) is 8.32. The van der Waals surface area contributed by atoms with E-state index in [9.17, 15) is 18.0 Å². The Morgan fingerprint density at radius 1 is 1.19 bits per heavy atom. The molecule has 3 rings (SSSR count). The minimum atomic E-state index is -3.70. The van der Waals surface area contributed by atoms with Crippen molar-refractivity contribution in [2.75, 3.05) is 60.2 Å². The summed E-state index contributed by atoms with van der Waals surface area (Å²) in [5.74, 6) is 0.270. The van der Waals surface area contributed by atoms with Crippen LogP contribution in [0, 0.1) is 5.92 Å². The SMILES string of the molecule is COCCCNC(=O)CN(C)C(=O)C1CCN(S(=O)(=O)c2ccc3c(c2)OCCO3)CC1. The van der Waals surface area contributed by atoms with E-state index in [1.54, 1.807) is 20.2 Å². The van der Waals surface area contributed by atoms with Crippen LogP contribution in [0.4, 0.5) is 0 Å². The quantitative estimate of drug-likeness (QED) is 0.523. The van der Waals surface area contributed by atoms with Gasteiger partial charge in [0.1, 0.15) is 13.2 Å². The number of rotatable bonds is 9. The highest BCUT2D eigenvalue weighted by molar-refractivity contribution is 7.89. The van der Waals surface area contributed by atoms with Gasteiger partial charge in [0, 0.05) is 52.4 Å². The molecule has 0 atom stereocenters. The summed E-state index contributed by atoms with van der Waals surface area (Å²) in [6.07, 6.45) is 1.51. The van der Waals surface area contributed by atoms with Crippen LogP contribution in [0.2, 0.25) is 0 Å². The van der Waals surface area contributed by atoms with E-state index in [1.165, 1.54) is 21.3 Å². The maximum absolute atomic E-state index is 13.0. The Hall–Kier alpha value is -2.37. The van der Waals surface area contributed by atoms with E-state index in [4.69, 9.17) is 14.2 Å². The number of nitrogens with one attached hydrogen (secondary N) is 1. The molecule has 0 spiro atoms. The van der Waals surface area contributed by atoms with Crippen LogP contribution < -0.4 is 14.8 Å². The summed E-state index contributed by atoms with van der Waals surface area (Å²) in [5.41, 5.74) is 0. The summed E-state index contributed by atoms with van der Waals surface area (Å²) >= 11 is 0. The first kappa shape index (κ1) is 24.3. The molecule has 0 unspecified atom stereocenters. The Morgan fingerprint density at radius 2 is 1.88 bits per heavy atom. The smallest absolute Gasteiger partial charge is 0.243 e. The number of piperidine rings is 1. The first-order chi connectivity index (χ1) is 15.3. The maximum Gasteiger partial charge on any atom is 0.243 e. The number of ether oxygens (including phenoxy) is 3. The fraction of sp³-hybridized carbons (Fsp3) is 0.619. The van der Waals surface area contributed by atoms with Crippen molar-refractivity contribution in [3.8, 4) is 11.5 Å². The molecule has 2 aliphatic rings. The van der Waals surface area contributed by atoms with Crippen molar-refractivity contribution in [3.05, 3.63) is 18.2 Å². The third-order valence-corrected chi connectivity index (χ3v) is 7.45. The van der Waals surface area contributed by atoms with Gasteiger partial charge in [-0.2, -0.15) is 4.31 Å². The third kappa shape index (κ3) is 5.90. The number of nitrogens with zero attached hydrogens (tertiary/aromatic N) is 2. The topological polar surface area (TPSA) is 114 Å². The molecule has 0 bridgehead atoms. The van der Waals surface area contributed by atoms with Crippen LogP contribution in [0.15, 0.2) is 23.1 Å². The second kappa shape index (κ2) is 11.0. The molecule has 2 heterocycles. The highest BCUT2D eigenvalue weighted by Crippen LogP contribution is 2.34. The standard InChI is InChI=1S/C21H31N3O7S/c1-23(15-20(25)22-8-3-11-29-2)21(26)16-6-9-24(10-7-16)32(27,28)17-4-5-18-19(14-17)31-13-12-30-18/h4-5,14,16H,3,6-13,15H2,1-2H3,(H,22,25). The molecule has 1 N–H and O–H groups in total. The summed E-state index contributed by atoms with van der Waals surface area (Å²) in [6, 6.07) is 4.60. The van der Waals surface area contributed by atoms with E-state index in [0.717, 1.165) is 0 Å². The van der Waals surface area contributed by atoms with Gasteiger partial charge >= 0.3 is 0 Å². The number of fused-ring (bicyclic) bond motifs is 1. The number of hydrogen-bond acceptors (Lipinski definition) is 7. The van der Waals surface area contributed by atoms with Crippen molar-refractivity contribution in [2.24, 2.45) is 5.92 Å². The maximum atomic E-state index is 13.0. The molecule has 1 aromatic rings. The molecule has 32 heavy (non-hydrogen) atoms. The van der Waals surface area contributed by atoms with Gasteiger partial charge < -0.3 is 24.4 Å². The number of hydrogen-bond donors (Lipinski definition) is 1. The summed E-state index contributed by atoms with van der Waals surface area (Å²) in [5, 5.41) is 2.75. The van der Waals surface area contributed by atoms with Gasteiger partial charge in [0.2, 0.25) is 21.8 Å². The molecule has 10 nitrogen and oxygen atoms in total. The molecule has 0 aliphatic carbocycles. The zero-order valence-electron chi connectivity index (χ0n) is 18.5. The molecular formula is C21H31N3O7S. The summed E-state index contributed by atoms with van der Waals surface area (Å²) < 4.78 is 43.4. The first-order valence-corrected chi connectivity index (χ1v) is 12.2. The monoisotopic (exact) mass is 469 g/mol. The van der Waals surface area contributed by atoms with Crippen molar-refractivity contribution in [2.45, 2.75) is 24.2 Å². The first-order valence-electron chi connectivity index (χ1n) is 10.7. The zero-order valence-corrected chi connectivity index (χ0v) is 19.4. The number of sulfonamides is 1. The van der Waals surface area contributed by atoms with Gasteiger partial charge in [0.25, 0.3) is 0 Å². The predicted octanol–water partition coefficient (Wildman–Crippen LogP) is 0.470. The van der Waals surface area contributed by atoms with E-state index < -0.39 is 10.0 Å².